The number of hydrogen-bond donors (Lipinski definition) is 3. The second-order valence-electron chi connectivity index (χ2n) is 5.79. The summed E-state index contributed by atoms with van der Waals surface area (Å²) in [6.07, 6.45) is 2.92. The molecule has 1 aliphatic rings. The standard InChI is InChI=1S/C14H28N8O2/c1-19(8-6-5-7-11(18-15)22(4)16)14(24)12-13(21(3)10-23)17-9-20(12)2/h10,17H,5-9,15-16H2,1-4H3/b18-11-. The molecule has 5 N–H and O–H groups in total. The molecule has 136 valence electrons. The molecule has 1 rings (SSSR count). The van der Waals surface area contributed by atoms with Crippen molar-refractivity contribution in [2.24, 2.45) is 16.8 Å². The fraction of sp³-hybridized carbons (Fsp3) is 0.643. The Hall–Kier alpha value is -2.49. The number of likely N-dealkylation sites (N-methyl/N-ethyl adjacent to an activating group) is 2. The third kappa shape index (κ3) is 4.75. The van der Waals surface area contributed by atoms with Crippen LogP contribution >= 0.6 is 0 Å². The highest BCUT2D eigenvalue weighted by molar-refractivity contribution is 5.94. The van der Waals surface area contributed by atoms with Crippen LogP contribution in [0.1, 0.15) is 19.3 Å². The maximum absolute atomic E-state index is 12.7. The van der Waals surface area contributed by atoms with Gasteiger partial charge in [0.25, 0.3) is 5.91 Å². The van der Waals surface area contributed by atoms with Crippen LogP contribution < -0.4 is 17.0 Å². The third-order valence-corrected chi connectivity index (χ3v) is 3.85. The molecule has 0 atom stereocenters. The van der Waals surface area contributed by atoms with Crippen molar-refractivity contribution in [3.63, 3.8) is 0 Å². The number of amidine groups is 1. The molecule has 0 radical (unpaired) electrons. The summed E-state index contributed by atoms with van der Waals surface area (Å²) in [7, 11) is 6.84. The number of hydrogen-bond acceptors (Lipinski definition) is 7. The minimum Gasteiger partial charge on any atom is -0.352 e. The van der Waals surface area contributed by atoms with Crippen molar-refractivity contribution in [3.8, 4) is 0 Å². The lowest BCUT2D eigenvalue weighted by Crippen LogP contribution is -2.36. The Morgan fingerprint density at radius 1 is 1.38 bits per heavy atom. The molecule has 10 heteroatoms. The van der Waals surface area contributed by atoms with Gasteiger partial charge in [0.15, 0.2) is 0 Å². The first-order valence-electron chi connectivity index (χ1n) is 7.71. The lowest BCUT2D eigenvalue weighted by Gasteiger charge is -2.23. The van der Waals surface area contributed by atoms with Gasteiger partial charge in [-0.1, -0.05) is 0 Å². The van der Waals surface area contributed by atoms with Gasteiger partial charge in [-0.15, -0.1) is 0 Å². The van der Waals surface area contributed by atoms with Gasteiger partial charge in [0.2, 0.25) is 6.41 Å². The predicted molar refractivity (Wildman–Crippen MR) is 91.7 cm³/mol. The summed E-state index contributed by atoms with van der Waals surface area (Å²) >= 11 is 0. The largest absolute Gasteiger partial charge is 0.352 e. The normalized spacial score (nSPS) is 14.5. The number of nitrogens with two attached hydrogens (primary N) is 2. The molecular weight excluding hydrogens is 312 g/mol. The van der Waals surface area contributed by atoms with Crippen molar-refractivity contribution >= 4 is 18.2 Å². The van der Waals surface area contributed by atoms with Gasteiger partial charge in [0.05, 0.1) is 6.67 Å². The minimum absolute atomic E-state index is 0.130. The number of hydrazone groups is 1. The Bertz CT molecular complexity index is 517. The molecule has 0 saturated carbocycles. The summed E-state index contributed by atoms with van der Waals surface area (Å²) in [5, 5.41) is 8.07. The number of nitrogens with zero attached hydrogens (tertiary/aromatic N) is 5. The molecule has 0 fully saturated rings. The second kappa shape index (κ2) is 8.96. The van der Waals surface area contributed by atoms with Gasteiger partial charge in [0, 0.05) is 41.2 Å². The van der Waals surface area contributed by atoms with Crippen LogP contribution in [0.15, 0.2) is 16.6 Å². The smallest absolute Gasteiger partial charge is 0.273 e. The molecule has 1 heterocycles. The van der Waals surface area contributed by atoms with Gasteiger partial charge >= 0.3 is 0 Å². The molecule has 0 aliphatic carbocycles. The predicted octanol–water partition coefficient (Wildman–Crippen LogP) is -1.56. The van der Waals surface area contributed by atoms with Crippen LogP contribution in [-0.2, 0) is 9.59 Å². The highest BCUT2D eigenvalue weighted by atomic mass is 16.2. The molecule has 10 nitrogen and oxygen atoms in total. The Balaban J connectivity index is 2.59. The van der Waals surface area contributed by atoms with E-state index in [1.54, 1.807) is 38.0 Å². The Morgan fingerprint density at radius 2 is 2.04 bits per heavy atom. The molecule has 0 aromatic rings. The van der Waals surface area contributed by atoms with E-state index in [0.717, 1.165) is 12.8 Å². The zero-order valence-electron chi connectivity index (χ0n) is 14.8. The third-order valence-electron chi connectivity index (χ3n) is 3.85. The van der Waals surface area contributed by atoms with Crippen molar-refractivity contribution in [2.75, 3.05) is 41.4 Å². The van der Waals surface area contributed by atoms with Crippen LogP contribution in [0.4, 0.5) is 0 Å². The minimum atomic E-state index is -0.130. The maximum atomic E-state index is 12.7. The van der Waals surface area contributed by atoms with E-state index < -0.39 is 0 Å². The molecule has 1 aliphatic heterocycles. The fourth-order valence-corrected chi connectivity index (χ4v) is 2.39. The molecule has 0 spiro atoms. The molecule has 2 amide bonds. The van der Waals surface area contributed by atoms with E-state index in [1.807, 2.05) is 0 Å². The lowest BCUT2D eigenvalue weighted by atomic mass is 10.2. The van der Waals surface area contributed by atoms with E-state index in [4.69, 9.17) is 11.7 Å². The fourth-order valence-electron chi connectivity index (χ4n) is 2.39. The van der Waals surface area contributed by atoms with Gasteiger partial charge < -0.3 is 30.9 Å². The van der Waals surface area contributed by atoms with Gasteiger partial charge in [-0.05, 0) is 12.8 Å². The van der Waals surface area contributed by atoms with E-state index in [1.165, 1.54) is 9.91 Å². The average Bonchev–Trinajstić information content (AvgIpc) is 2.94. The summed E-state index contributed by atoms with van der Waals surface area (Å²) in [6, 6.07) is 0. The number of unbranched alkanes of at least 4 members (excludes halogenated alkanes) is 1. The first-order valence-corrected chi connectivity index (χ1v) is 7.71. The Labute approximate surface area is 142 Å². The van der Waals surface area contributed by atoms with E-state index >= 15 is 0 Å². The first-order chi connectivity index (χ1) is 11.3. The summed E-state index contributed by atoms with van der Waals surface area (Å²) in [5.41, 5.74) is 0.484. The first kappa shape index (κ1) is 19.6. The van der Waals surface area contributed by atoms with Crippen molar-refractivity contribution < 1.29 is 9.59 Å². The van der Waals surface area contributed by atoms with Crippen molar-refractivity contribution in [1.29, 1.82) is 0 Å². The van der Waals surface area contributed by atoms with E-state index in [0.29, 0.717) is 43.4 Å². The molecule has 0 bridgehead atoms. The van der Waals surface area contributed by atoms with Crippen LogP contribution in [0.3, 0.4) is 0 Å². The van der Waals surface area contributed by atoms with Crippen LogP contribution in [0.5, 0.6) is 0 Å². The van der Waals surface area contributed by atoms with Crippen molar-refractivity contribution in [2.45, 2.75) is 19.3 Å². The van der Waals surface area contributed by atoms with Gasteiger partial charge in [-0.2, -0.15) is 5.10 Å². The zero-order valence-corrected chi connectivity index (χ0v) is 14.8. The number of rotatable bonds is 8. The van der Waals surface area contributed by atoms with Gasteiger partial charge in [0.1, 0.15) is 17.4 Å². The summed E-state index contributed by atoms with van der Waals surface area (Å²) in [4.78, 5) is 28.4. The number of carbonyl (C=O) groups is 2. The summed E-state index contributed by atoms with van der Waals surface area (Å²) in [6.45, 7) is 1.07. The summed E-state index contributed by atoms with van der Waals surface area (Å²) < 4.78 is 0. The van der Waals surface area contributed by atoms with Crippen LogP contribution in [0, 0.1) is 0 Å². The molecule has 0 aromatic heterocycles. The number of hydrazine groups is 1. The van der Waals surface area contributed by atoms with Crippen LogP contribution in [0.25, 0.3) is 0 Å². The lowest BCUT2D eigenvalue weighted by molar-refractivity contribution is -0.127. The molecule has 0 unspecified atom stereocenters. The van der Waals surface area contributed by atoms with Crippen molar-refractivity contribution in [3.05, 3.63) is 11.5 Å². The monoisotopic (exact) mass is 340 g/mol. The van der Waals surface area contributed by atoms with Gasteiger partial charge in [-0.25, -0.2) is 5.84 Å². The Morgan fingerprint density at radius 3 is 2.58 bits per heavy atom. The average molecular weight is 340 g/mol. The molecule has 0 saturated heterocycles. The summed E-state index contributed by atoms with van der Waals surface area (Å²) in [5.74, 6) is 11.9. The highest BCUT2D eigenvalue weighted by Crippen LogP contribution is 2.17. The SMILES string of the molecule is CN(C=O)C1=C(C(=O)N(C)CCCC/C(=N/N)N(C)N)N(C)CN1. The molecular formula is C14H28N8O2. The number of carbonyl (C=O) groups excluding carboxylic acids is 2. The highest BCUT2D eigenvalue weighted by Gasteiger charge is 2.29. The second-order valence-corrected chi connectivity index (χ2v) is 5.79. The zero-order chi connectivity index (χ0) is 18.3. The quantitative estimate of drug-likeness (QED) is 0.122. The number of nitrogens with one attached hydrogen (secondary N) is 1. The van der Waals surface area contributed by atoms with E-state index in [9.17, 15) is 9.59 Å². The van der Waals surface area contributed by atoms with Crippen LogP contribution in [-0.4, -0.2) is 79.3 Å². The van der Waals surface area contributed by atoms with Crippen LogP contribution in [0.2, 0.25) is 0 Å². The molecule has 24 heavy (non-hydrogen) atoms. The molecule has 0 aromatic carbocycles. The van der Waals surface area contributed by atoms with E-state index in [2.05, 4.69) is 10.4 Å². The van der Waals surface area contributed by atoms with E-state index in [-0.39, 0.29) is 5.91 Å². The van der Waals surface area contributed by atoms with Crippen molar-refractivity contribution in [1.82, 2.24) is 25.0 Å². The topological polar surface area (TPSA) is 124 Å². The van der Waals surface area contributed by atoms with Gasteiger partial charge in [-0.3, -0.25) is 9.59 Å². The maximum Gasteiger partial charge on any atom is 0.273 e. The Kier molecular flexibility index (Phi) is 7.31. The number of amides is 2.